The van der Waals surface area contributed by atoms with Gasteiger partial charge < -0.3 is 0 Å². The van der Waals surface area contributed by atoms with E-state index in [1.54, 1.807) is 0 Å². The molecule has 0 spiro atoms. The van der Waals surface area contributed by atoms with Gasteiger partial charge in [-0.15, -0.1) is 0 Å². The van der Waals surface area contributed by atoms with Gasteiger partial charge in [0.15, 0.2) is 0 Å². The summed E-state index contributed by atoms with van der Waals surface area (Å²) in [6.45, 7) is 11.0. The molecule has 0 aromatic heterocycles. The highest BCUT2D eigenvalue weighted by Crippen LogP contribution is 2.41. The fourth-order valence-corrected chi connectivity index (χ4v) is 6.53. The van der Waals surface area contributed by atoms with Crippen molar-refractivity contribution in [3.63, 3.8) is 0 Å². The van der Waals surface area contributed by atoms with Crippen molar-refractivity contribution in [2.24, 2.45) is 0 Å². The second-order valence-corrected chi connectivity index (χ2v) is 10.8. The number of amides is 2. The Labute approximate surface area is 104 Å². The van der Waals surface area contributed by atoms with Crippen molar-refractivity contribution in [2.45, 2.75) is 63.9 Å². The van der Waals surface area contributed by atoms with Crippen molar-refractivity contribution in [2.75, 3.05) is 0 Å². The summed E-state index contributed by atoms with van der Waals surface area (Å²) in [7, 11) is -3.11. The molecule has 0 aromatic carbocycles. The van der Waals surface area contributed by atoms with Crippen LogP contribution in [-0.4, -0.2) is 29.8 Å². The molecule has 2 amide bonds. The number of imide groups is 1. The number of thiol groups is 1. The van der Waals surface area contributed by atoms with Crippen molar-refractivity contribution >= 4 is 21.9 Å². The average Bonchev–Trinajstić information content (AvgIpc) is 2.41. The molecule has 1 aliphatic heterocycles. The summed E-state index contributed by atoms with van der Waals surface area (Å²) >= 11 is 0. The highest BCUT2D eigenvalue weighted by Gasteiger charge is 2.51. The van der Waals surface area contributed by atoms with Gasteiger partial charge in [-0.05, 0) is 51.7 Å². The summed E-state index contributed by atoms with van der Waals surface area (Å²) in [5, 5.41) is 0. The molecule has 1 saturated heterocycles. The summed E-state index contributed by atoms with van der Waals surface area (Å²) in [6, 6.07) is 0. The molecule has 0 bridgehead atoms. The summed E-state index contributed by atoms with van der Waals surface area (Å²) in [5.74, 6) is -0.577. The van der Waals surface area contributed by atoms with Crippen molar-refractivity contribution in [1.82, 2.24) is 4.31 Å². The van der Waals surface area contributed by atoms with Gasteiger partial charge in [0, 0.05) is 22.3 Å². The first kappa shape index (κ1) is 14.4. The average molecular weight is 261 g/mol. The molecule has 0 aliphatic carbocycles. The Hall–Kier alpha value is -0.710. The molecule has 0 atom stereocenters. The predicted molar refractivity (Wildman–Crippen MR) is 70.1 cm³/mol. The molecular weight excluding hydrogens is 238 g/mol. The molecule has 0 N–H and O–H groups in total. The SMILES string of the molecule is CC(C)(C)[SH](=O)(N1C(=O)CCC1=O)C(C)(C)C. The van der Waals surface area contributed by atoms with E-state index in [-0.39, 0.29) is 24.7 Å². The lowest BCUT2D eigenvalue weighted by Gasteiger charge is -2.50. The van der Waals surface area contributed by atoms with Gasteiger partial charge in [-0.25, -0.2) is 4.31 Å². The second kappa shape index (κ2) is 3.90. The first-order valence-corrected chi connectivity index (χ1v) is 7.55. The van der Waals surface area contributed by atoms with Gasteiger partial charge in [0.2, 0.25) is 11.8 Å². The van der Waals surface area contributed by atoms with E-state index in [0.717, 1.165) is 4.31 Å². The molecule has 1 heterocycles. The van der Waals surface area contributed by atoms with E-state index in [2.05, 4.69) is 0 Å². The third kappa shape index (κ3) is 2.05. The van der Waals surface area contributed by atoms with Crippen LogP contribution in [0.4, 0.5) is 0 Å². The Bertz CT molecular complexity index is 367. The third-order valence-corrected chi connectivity index (χ3v) is 7.77. The van der Waals surface area contributed by atoms with Crippen LogP contribution in [-0.2, 0) is 19.7 Å². The number of hydrogen-bond acceptors (Lipinski definition) is 3. The minimum absolute atomic E-state index is 0.189. The van der Waals surface area contributed by atoms with Crippen molar-refractivity contribution in [1.29, 1.82) is 0 Å². The lowest BCUT2D eigenvalue weighted by molar-refractivity contribution is -0.132. The van der Waals surface area contributed by atoms with Gasteiger partial charge in [0.25, 0.3) is 0 Å². The van der Waals surface area contributed by atoms with E-state index in [1.807, 2.05) is 41.5 Å². The molecule has 0 unspecified atom stereocenters. The molecular formula is C12H23NO3S. The Morgan fingerprint density at radius 1 is 0.882 bits per heavy atom. The van der Waals surface area contributed by atoms with Crippen LogP contribution in [0.2, 0.25) is 0 Å². The molecule has 17 heavy (non-hydrogen) atoms. The Balaban J connectivity index is 3.42. The standard InChI is InChI=1S/C12H23NO3S/c1-11(2,3)17(16,12(4,5)6)13-9(14)7-8-10(13)15/h17H,7-8H2,1-6H3. The summed E-state index contributed by atoms with van der Waals surface area (Å²) in [4.78, 5) is 23.7. The molecule has 0 saturated carbocycles. The first-order chi connectivity index (χ1) is 7.43. The molecule has 5 heteroatoms. The van der Waals surface area contributed by atoms with Gasteiger partial charge in [-0.3, -0.25) is 13.8 Å². The zero-order chi connectivity index (χ0) is 13.6. The normalized spacial score (nSPS) is 20.0. The van der Waals surface area contributed by atoms with Gasteiger partial charge in [0.05, 0.1) is 0 Å². The van der Waals surface area contributed by atoms with Gasteiger partial charge in [0.1, 0.15) is 0 Å². The van der Waals surface area contributed by atoms with Crippen LogP contribution in [0.5, 0.6) is 0 Å². The van der Waals surface area contributed by atoms with Gasteiger partial charge in [-0.1, -0.05) is 0 Å². The molecule has 0 aromatic rings. The Morgan fingerprint density at radius 3 is 1.41 bits per heavy atom. The number of carbonyl (C=O) groups is 2. The topological polar surface area (TPSA) is 54.5 Å². The summed E-state index contributed by atoms with van der Waals surface area (Å²) < 4.78 is 13.2. The van der Waals surface area contributed by atoms with E-state index in [1.165, 1.54) is 0 Å². The first-order valence-electron chi connectivity index (χ1n) is 5.89. The van der Waals surface area contributed by atoms with E-state index in [9.17, 15) is 13.8 Å². The lowest BCUT2D eigenvalue weighted by Crippen LogP contribution is -2.60. The van der Waals surface area contributed by atoms with Crippen LogP contribution in [0.3, 0.4) is 0 Å². The van der Waals surface area contributed by atoms with Gasteiger partial charge in [-0.2, -0.15) is 0 Å². The molecule has 1 aliphatic rings. The van der Waals surface area contributed by atoms with Crippen LogP contribution >= 0.6 is 0 Å². The molecule has 100 valence electrons. The minimum atomic E-state index is -3.11. The quantitative estimate of drug-likeness (QED) is 0.577. The van der Waals surface area contributed by atoms with Crippen molar-refractivity contribution < 1.29 is 13.8 Å². The predicted octanol–water partition coefficient (Wildman–Crippen LogP) is 1.66. The van der Waals surface area contributed by atoms with Gasteiger partial charge >= 0.3 is 0 Å². The maximum Gasteiger partial charge on any atom is 0.240 e. The highest BCUT2D eigenvalue weighted by atomic mass is 32.3. The van der Waals surface area contributed by atoms with E-state index in [0.29, 0.717) is 0 Å². The lowest BCUT2D eigenvalue weighted by atomic mass is 10.2. The van der Waals surface area contributed by atoms with Crippen LogP contribution in [0.25, 0.3) is 0 Å². The van der Waals surface area contributed by atoms with Crippen molar-refractivity contribution in [3.05, 3.63) is 0 Å². The summed E-state index contributed by atoms with van der Waals surface area (Å²) in [6.07, 6.45) is 0.379. The number of rotatable bonds is 1. The third-order valence-electron chi connectivity index (χ3n) is 3.13. The highest BCUT2D eigenvalue weighted by molar-refractivity contribution is 8.04. The maximum absolute atomic E-state index is 13.4. The van der Waals surface area contributed by atoms with Crippen LogP contribution in [0.15, 0.2) is 0 Å². The number of carbonyl (C=O) groups excluding carboxylic acids is 2. The van der Waals surface area contributed by atoms with Crippen LogP contribution < -0.4 is 0 Å². The maximum atomic E-state index is 13.4. The van der Waals surface area contributed by atoms with E-state index < -0.39 is 19.6 Å². The summed E-state index contributed by atoms with van der Waals surface area (Å²) in [5.41, 5.74) is 0. The zero-order valence-corrected chi connectivity index (χ0v) is 12.4. The van der Waals surface area contributed by atoms with Crippen LogP contribution in [0, 0.1) is 0 Å². The van der Waals surface area contributed by atoms with E-state index in [4.69, 9.17) is 0 Å². The fourth-order valence-electron chi connectivity index (χ4n) is 2.49. The monoisotopic (exact) mass is 261 g/mol. The Kier molecular flexibility index (Phi) is 3.29. The zero-order valence-electron chi connectivity index (χ0n) is 11.5. The van der Waals surface area contributed by atoms with Crippen LogP contribution in [0.1, 0.15) is 54.4 Å². The number of hydrogen-bond donors (Lipinski definition) is 1. The second-order valence-electron chi connectivity index (χ2n) is 6.52. The minimum Gasteiger partial charge on any atom is -0.273 e. The fraction of sp³-hybridized carbons (Fsp3) is 0.833. The molecule has 4 nitrogen and oxygen atoms in total. The Morgan fingerprint density at radius 2 is 1.18 bits per heavy atom. The molecule has 1 rings (SSSR count). The van der Waals surface area contributed by atoms with E-state index >= 15 is 0 Å². The number of nitrogens with zero attached hydrogens (tertiary/aromatic N) is 1. The smallest absolute Gasteiger partial charge is 0.240 e. The largest absolute Gasteiger partial charge is 0.273 e. The van der Waals surface area contributed by atoms with Crippen molar-refractivity contribution in [3.8, 4) is 0 Å². The molecule has 0 radical (unpaired) electrons. The molecule has 1 fully saturated rings.